The Kier molecular flexibility index (Phi) is 6.53. The molecule has 1 amide bonds. The standard InChI is InChI=1S/C22H22ClN3OS2/c1-26-12-11-24-20(26)19(15-7-9-18(23)10-8-15)25-21(27)16-3-5-17(6-4-16)22-28-13-2-14-29-22/h3-12,19,22H,2,13-14H2,1H3,(H,25,27). The van der Waals surface area contributed by atoms with Gasteiger partial charge in [0.1, 0.15) is 11.9 Å². The van der Waals surface area contributed by atoms with Crippen LogP contribution in [-0.2, 0) is 7.05 Å². The Labute approximate surface area is 184 Å². The molecule has 1 unspecified atom stereocenters. The van der Waals surface area contributed by atoms with Crippen LogP contribution in [0.1, 0.15) is 44.4 Å². The van der Waals surface area contributed by atoms with E-state index in [9.17, 15) is 4.79 Å². The van der Waals surface area contributed by atoms with Crippen molar-refractivity contribution in [2.75, 3.05) is 11.5 Å². The minimum atomic E-state index is -0.358. The van der Waals surface area contributed by atoms with Crippen molar-refractivity contribution in [3.63, 3.8) is 0 Å². The average molecular weight is 444 g/mol. The van der Waals surface area contributed by atoms with Gasteiger partial charge in [-0.15, -0.1) is 23.5 Å². The second-order valence-electron chi connectivity index (χ2n) is 6.90. The molecule has 2 heterocycles. The Hall–Kier alpha value is -1.89. The number of thioether (sulfide) groups is 2. The van der Waals surface area contributed by atoms with Crippen LogP contribution in [-0.4, -0.2) is 27.0 Å². The number of imidazole rings is 1. The fourth-order valence-corrected chi connectivity index (χ4v) is 6.31. The van der Waals surface area contributed by atoms with Gasteiger partial charge in [-0.3, -0.25) is 4.79 Å². The van der Waals surface area contributed by atoms with E-state index in [1.54, 1.807) is 6.20 Å². The van der Waals surface area contributed by atoms with Crippen LogP contribution >= 0.6 is 35.1 Å². The van der Waals surface area contributed by atoms with Crippen LogP contribution in [0, 0.1) is 0 Å². The maximum atomic E-state index is 13.0. The number of halogens is 1. The van der Waals surface area contributed by atoms with Gasteiger partial charge in [0.2, 0.25) is 0 Å². The number of aromatic nitrogens is 2. The van der Waals surface area contributed by atoms with Crippen LogP contribution in [0.15, 0.2) is 60.9 Å². The Morgan fingerprint density at radius 2 is 1.83 bits per heavy atom. The molecule has 1 atom stereocenters. The lowest BCUT2D eigenvalue weighted by Crippen LogP contribution is -2.31. The van der Waals surface area contributed by atoms with Crippen LogP contribution in [0.3, 0.4) is 0 Å². The Morgan fingerprint density at radius 1 is 1.14 bits per heavy atom. The number of hydrogen-bond donors (Lipinski definition) is 1. The summed E-state index contributed by atoms with van der Waals surface area (Å²) >= 11 is 10.0. The Bertz CT molecular complexity index is 966. The number of amides is 1. The molecule has 0 aliphatic carbocycles. The third-order valence-corrected chi connectivity index (χ3v) is 8.13. The summed E-state index contributed by atoms with van der Waals surface area (Å²) in [7, 11) is 1.92. The summed E-state index contributed by atoms with van der Waals surface area (Å²) in [5.74, 6) is 3.05. The summed E-state index contributed by atoms with van der Waals surface area (Å²) in [6.45, 7) is 0. The number of carbonyl (C=O) groups is 1. The minimum Gasteiger partial charge on any atom is -0.338 e. The highest BCUT2D eigenvalue weighted by atomic mass is 35.5. The molecule has 0 spiro atoms. The first-order chi connectivity index (χ1) is 14.1. The molecular weight excluding hydrogens is 422 g/mol. The summed E-state index contributed by atoms with van der Waals surface area (Å²) in [5, 5.41) is 3.80. The zero-order valence-electron chi connectivity index (χ0n) is 16.0. The zero-order chi connectivity index (χ0) is 20.2. The van der Waals surface area contributed by atoms with Gasteiger partial charge in [0.15, 0.2) is 0 Å². The van der Waals surface area contributed by atoms with E-state index in [1.165, 1.54) is 23.5 Å². The fraction of sp³-hybridized carbons (Fsp3) is 0.273. The number of aryl methyl sites for hydroxylation is 1. The molecule has 4 nitrogen and oxygen atoms in total. The van der Waals surface area contributed by atoms with Crippen molar-refractivity contribution >= 4 is 41.0 Å². The van der Waals surface area contributed by atoms with Gasteiger partial charge in [-0.05, 0) is 53.3 Å². The van der Waals surface area contributed by atoms with E-state index < -0.39 is 0 Å². The summed E-state index contributed by atoms with van der Waals surface area (Å²) in [4.78, 5) is 17.5. The SMILES string of the molecule is Cn1ccnc1C(NC(=O)c1ccc(C2SCCCS2)cc1)c1ccc(Cl)cc1. The van der Waals surface area contributed by atoms with Crippen molar-refractivity contribution in [1.29, 1.82) is 0 Å². The van der Waals surface area contributed by atoms with Gasteiger partial charge >= 0.3 is 0 Å². The predicted molar refractivity (Wildman–Crippen MR) is 123 cm³/mol. The summed E-state index contributed by atoms with van der Waals surface area (Å²) in [6, 6.07) is 15.1. The van der Waals surface area contributed by atoms with Crippen LogP contribution in [0.25, 0.3) is 0 Å². The van der Waals surface area contributed by atoms with E-state index in [0.29, 0.717) is 15.2 Å². The van der Waals surface area contributed by atoms with Gasteiger partial charge in [0.05, 0.1) is 4.58 Å². The zero-order valence-corrected chi connectivity index (χ0v) is 18.4. The van der Waals surface area contributed by atoms with Crippen molar-refractivity contribution in [2.24, 2.45) is 7.05 Å². The van der Waals surface area contributed by atoms with Crippen molar-refractivity contribution in [2.45, 2.75) is 17.0 Å². The molecule has 4 rings (SSSR count). The highest BCUT2D eigenvalue weighted by Crippen LogP contribution is 2.43. The van der Waals surface area contributed by atoms with Gasteiger partial charge in [-0.25, -0.2) is 4.98 Å². The highest BCUT2D eigenvalue weighted by Gasteiger charge is 2.22. The first-order valence-corrected chi connectivity index (χ1v) is 12.0. The molecule has 29 heavy (non-hydrogen) atoms. The molecule has 150 valence electrons. The number of carbonyl (C=O) groups excluding carboxylic acids is 1. The van der Waals surface area contributed by atoms with Crippen LogP contribution < -0.4 is 5.32 Å². The van der Waals surface area contributed by atoms with Gasteiger partial charge in [-0.1, -0.05) is 35.9 Å². The lowest BCUT2D eigenvalue weighted by Gasteiger charge is -2.22. The molecule has 1 saturated heterocycles. The van der Waals surface area contributed by atoms with Crippen LogP contribution in [0.4, 0.5) is 0 Å². The van der Waals surface area contributed by atoms with Crippen molar-refractivity contribution < 1.29 is 4.79 Å². The third-order valence-electron chi connectivity index (χ3n) is 4.87. The summed E-state index contributed by atoms with van der Waals surface area (Å²) in [6.07, 6.45) is 4.88. The highest BCUT2D eigenvalue weighted by molar-refractivity contribution is 8.16. The smallest absolute Gasteiger partial charge is 0.252 e. The van der Waals surface area contributed by atoms with Crippen molar-refractivity contribution in [1.82, 2.24) is 14.9 Å². The van der Waals surface area contributed by atoms with Gasteiger partial charge in [-0.2, -0.15) is 0 Å². The molecule has 1 aliphatic rings. The molecule has 0 bridgehead atoms. The van der Waals surface area contributed by atoms with E-state index in [0.717, 1.165) is 11.4 Å². The van der Waals surface area contributed by atoms with E-state index in [1.807, 2.05) is 77.7 Å². The lowest BCUT2D eigenvalue weighted by molar-refractivity contribution is 0.0941. The minimum absolute atomic E-state index is 0.122. The van der Waals surface area contributed by atoms with E-state index in [4.69, 9.17) is 11.6 Å². The van der Waals surface area contributed by atoms with Crippen molar-refractivity contribution in [3.8, 4) is 0 Å². The third kappa shape index (κ3) is 4.82. The molecule has 1 N–H and O–H groups in total. The van der Waals surface area contributed by atoms with E-state index in [-0.39, 0.29) is 11.9 Å². The maximum Gasteiger partial charge on any atom is 0.252 e. The first kappa shape index (κ1) is 20.4. The van der Waals surface area contributed by atoms with E-state index in [2.05, 4.69) is 22.4 Å². The number of hydrogen-bond acceptors (Lipinski definition) is 4. The van der Waals surface area contributed by atoms with Crippen LogP contribution in [0.5, 0.6) is 0 Å². The normalized spacial score (nSPS) is 15.8. The molecule has 2 aromatic carbocycles. The predicted octanol–water partition coefficient (Wildman–Crippen LogP) is 5.46. The van der Waals surface area contributed by atoms with Crippen LogP contribution in [0.2, 0.25) is 5.02 Å². The van der Waals surface area contributed by atoms with Gasteiger partial charge < -0.3 is 9.88 Å². The number of nitrogens with one attached hydrogen (secondary N) is 1. The average Bonchev–Trinajstić information content (AvgIpc) is 3.19. The molecule has 7 heteroatoms. The fourth-order valence-electron chi connectivity index (χ4n) is 3.29. The van der Waals surface area contributed by atoms with E-state index >= 15 is 0 Å². The monoisotopic (exact) mass is 443 g/mol. The summed E-state index contributed by atoms with van der Waals surface area (Å²) < 4.78 is 2.38. The second kappa shape index (κ2) is 9.28. The Morgan fingerprint density at radius 3 is 2.45 bits per heavy atom. The molecular formula is C22H22ClN3OS2. The summed E-state index contributed by atoms with van der Waals surface area (Å²) in [5.41, 5.74) is 2.85. The molecule has 0 saturated carbocycles. The quantitative estimate of drug-likeness (QED) is 0.568. The largest absolute Gasteiger partial charge is 0.338 e. The second-order valence-corrected chi connectivity index (χ2v) is 10.1. The van der Waals surface area contributed by atoms with Gasteiger partial charge in [0, 0.05) is 30.0 Å². The topological polar surface area (TPSA) is 46.9 Å². The molecule has 1 aliphatic heterocycles. The molecule has 0 radical (unpaired) electrons. The maximum absolute atomic E-state index is 13.0. The number of rotatable bonds is 5. The molecule has 1 aromatic heterocycles. The number of benzene rings is 2. The lowest BCUT2D eigenvalue weighted by atomic mass is 10.0. The Balaban J connectivity index is 1.55. The molecule has 3 aromatic rings. The number of nitrogens with zero attached hydrogens (tertiary/aromatic N) is 2. The van der Waals surface area contributed by atoms with Gasteiger partial charge in [0.25, 0.3) is 5.91 Å². The first-order valence-electron chi connectivity index (χ1n) is 9.48. The molecule has 1 fully saturated rings. The van der Waals surface area contributed by atoms with Crippen molar-refractivity contribution in [3.05, 3.63) is 88.5 Å².